The molecule has 35 heavy (non-hydrogen) atoms. The molecule has 2 fully saturated rings. The number of hydrogen-bond acceptors (Lipinski definition) is 7. The Labute approximate surface area is 206 Å². The Morgan fingerprint density at radius 1 is 0.829 bits per heavy atom. The van der Waals surface area contributed by atoms with Gasteiger partial charge in [-0.25, -0.2) is 9.97 Å². The number of aromatic nitrogens is 3. The van der Waals surface area contributed by atoms with Crippen molar-refractivity contribution in [2.24, 2.45) is 0 Å². The second kappa shape index (κ2) is 9.87. The number of halogens is 4. The van der Waals surface area contributed by atoms with Crippen LogP contribution in [0.25, 0.3) is 11.3 Å². The molecule has 7 nitrogen and oxygen atoms in total. The minimum Gasteiger partial charge on any atom is -0.378 e. The van der Waals surface area contributed by atoms with Crippen molar-refractivity contribution in [3.63, 3.8) is 0 Å². The van der Waals surface area contributed by atoms with Crippen molar-refractivity contribution in [1.82, 2.24) is 15.0 Å². The summed E-state index contributed by atoms with van der Waals surface area (Å²) in [6, 6.07) is 11.8. The molecule has 2 aromatic heterocycles. The second-order valence-corrected chi connectivity index (χ2v) is 8.80. The molecule has 11 heteroatoms. The first kappa shape index (κ1) is 23.6. The fraction of sp³-hybridized carbons (Fsp3) is 0.375. The largest absolute Gasteiger partial charge is 0.419 e. The maximum absolute atomic E-state index is 13.5. The maximum atomic E-state index is 13.5. The van der Waals surface area contributed by atoms with Gasteiger partial charge >= 0.3 is 6.18 Å². The summed E-state index contributed by atoms with van der Waals surface area (Å²) in [5, 5.41) is 0.611. The number of hydrogen-bond donors (Lipinski definition) is 0. The highest BCUT2D eigenvalue weighted by Gasteiger charge is 2.36. The first-order valence-electron chi connectivity index (χ1n) is 11.4. The molecule has 0 N–H and O–H groups in total. The van der Waals surface area contributed by atoms with Crippen LogP contribution in [0.1, 0.15) is 5.56 Å². The predicted molar refractivity (Wildman–Crippen MR) is 129 cm³/mol. The number of ether oxygens (including phenoxy) is 1. The summed E-state index contributed by atoms with van der Waals surface area (Å²) in [6.45, 7) is 4.37. The Morgan fingerprint density at radius 3 is 2.29 bits per heavy atom. The van der Waals surface area contributed by atoms with Gasteiger partial charge in [-0.15, -0.1) is 0 Å². The third kappa shape index (κ3) is 5.28. The van der Waals surface area contributed by atoms with Crippen molar-refractivity contribution in [1.29, 1.82) is 0 Å². The molecule has 0 saturated carbocycles. The van der Waals surface area contributed by atoms with E-state index in [1.807, 2.05) is 30.3 Å². The van der Waals surface area contributed by atoms with Crippen molar-refractivity contribution in [3.8, 4) is 11.3 Å². The minimum absolute atomic E-state index is 0.0315. The number of nitrogens with zero attached hydrogens (tertiary/aromatic N) is 6. The molecule has 4 heterocycles. The van der Waals surface area contributed by atoms with Gasteiger partial charge in [0, 0.05) is 62.1 Å². The minimum atomic E-state index is -4.45. The Morgan fingerprint density at radius 2 is 1.57 bits per heavy atom. The molecule has 2 aliphatic heterocycles. The lowest BCUT2D eigenvalue weighted by atomic mass is 10.1. The SMILES string of the molecule is FC(F)(F)c1cccnc1N1CCN(c2cc(-c3cccc(Cl)c3)nc(N3CCOCC3)n2)CC1. The molecule has 1 aromatic carbocycles. The summed E-state index contributed by atoms with van der Waals surface area (Å²) in [6.07, 6.45) is -3.06. The van der Waals surface area contributed by atoms with E-state index in [0.717, 1.165) is 23.1 Å². The molecular formula is C24H24ClF3N6O. The monoisotopic (exact) mass is 504 g/mol. The van der Waals surface area contributed by atoms with Crippen molar-refractivity contribution in [2.75, 3.05) is 67.2 Å². The molecule has 0 bridgehead atoms. The first-order chi connectivity index (χ1) is 16.9. The van der Waals surface area contributed by atoms with Gasteiger partial charge in [-0.05, 0) is 24.3 Å². The zero-order chi connectivity index (χ0) is 24.4. The van der Waals surface area contributed by atoms with Gasteiger partial charge in [-0.3, -0.25) is 0 Å². The van der Waals surface area contributed by atoms with Crippen LogP contribution in [-0.2, 0) is 10.9 Å². The molecule has 0 amide bonds. The van der Waals surface area contributed by atoms with E-state index < -0.39 is 11.7 Å². The predicted octanol–water partition coefficient (Wildman–Crippen LogP) is 4.37. The van der Waals surface area contributed by atoms with Gasteiger partial charge in [0.25, 0.3) is 0 Å². The summed E-state index contributed by atoms with van der Waals surface area (Å²) in [5.41, 5.74) is 0.899. The molecule has 3 aromatic rings. The normalized spacial score (nSPS) is 17.1. The molecule has 0 aliphatic carbocycles. The van der Waals surface area contributed by atoms with E-state index in [9.17, 15) is 13.2 Å². The molecule has 0 atom stereocenters. The van der Waals surface area contributed by atoms with Gasteiger partial charge in [-0.1, -0.05) is 23.7 Å². The highest BCUT2D eigenvalue weighted by molar-refractivity contribution is 6.30. The van der Waals surface area contributed by atoms with Crippen LogP contribution >= 0.6 is 11.6 Å². The molecule has 2 saturated heterocycles. The van der Waals surface area contributed by atoms with Gasteiger partial charge in [0.05, 0.1) is 24.5 Å². The molecule has 2 aliphatic rings. The Bertz CT molecular complexity index is 1180. The Hall–Kier alpha value is -3.11. The lowest BCUT2D eigenvalue weighted by molar-refractivity contribution is -0.137. The van der Waals surface area contributed by atoms with E-state index >= 15 is 0 Å². The molecule has 0 unspecified atom stereocenters. The topological polar surface area (TPSA) is 57.6 Å². The number of anilines is 3. The highest BCUT2D eigenvalue weighted by Crippen LogP contribution is 2.36. The fourth-order valence-corrected chi connectivity index (χ4v) is 4.49. The van der Waals surface area contributed by atoms with Crippen LogP contribution in [0.2, 0.25) is 5.02 Å². The van der Waals surface area contributed by atoms with Crippen LogP contribution in [0.5, 0.6) is 0 Å². The highest BCUT2D eigenvalue weighted by atomic mass is 35.5. The quantitative estimate of drug-likeness (QED) is 0.523. The number of benzene rings is 1. The summed E-state index contributed by atoms with van der Waals surface area (Å²) in [5.74, 6) is 1.30. The summed E-state index contributed by atoms with van der Waals surface area (Å²) < 4.78 is 45.9. The van der Waals surface area contributed by atoms with Gasteiger partial charge in [0.1, 0.15) is 11.6 Å². The molecule has 5 rings (SSSR count). The summed E-state index contributed by atoms with van der Waals surface area (Å²) in [7, 11) is 0. The van der Waals surface area contributed by atoms with E-state index in [0.29, 0.717) is 63.5 Å². The number of morpholine rings is 1. The Balaban J connectivity index is 1.42. The average Bonchev–Trinajstić information content (AvgIpc) is 2.88. The standard InChI is InChI=1S/C24H24ClF3N6O/c25-18-4-1-3-17(15-18)20-16-21(31-23(30-20)34-11-13-35-14-12-34)32-7-9-33(10-8-32)22-19(24(26,27)28)5-2-6-29-22/h1-6,15-16H,7-14H2. The third-order valence-corrected chi connectivity index (χ3v) is 6.35. The second-order valence-electron chi connectivity index (χ2n) is 8.37. The lowest BCUT2D eigenvalue weighted by Crippen LogP contribution is -2.48. The van der Waals surface area contributed by atoms with Gasteiger partial charge in [0.2, 0.25) is 5.95 Å². The smallest absolute Gasteiger partial charge is 0.378 e. The zero-order valence-corrected chi connectivity index (χ0v) is 19.6. The summed E-state index contributed by atoms with van der Waals surface area (Å²) >= 11 is 6.22. The zero-order valence-electron chi connectivity index (χ0n) is 18.9. The van der Waals surface area contributed by atoms with E-state index in [1.165, 1.54) is 12.3 Å². The average molecular weight is 505 g/mol. The van der Waals surface area contributed by atoms with Gasteiger partial charge in [0.15, 0.2) is 0 Å². The van der Waals surface area contributed by atoms with Crippen LogP contribution in [-0.4, -0.2) is 67.4 Å². The fourth-order valence-electron chi connectivity index (χ4n) is 4.30. The van der Waals surface area contributed by atoms with E-state index in [2.05, 4.69) is 14.8 Å². The van der Waals surface area contributed by atoms with Crippen LogP contribution < -0.4 is 14.7 Å². The number of pyridine rings is 1. The Kier molecular flexibility index (Phi) is 6.66. The van der Waals surface area contributed by atoms with E-state index in [-0.39, 0.29) is 5.82 Å². The molecular weight excluding hydrogens is 481 g/mol. The maximum Gasteiger partial charge on any atom is 0.419 e. The number of piperazine rings is 1. The van der Waals surface area contributed by atoms with Crippen LogP contribution in [0.3, 0.4) is 0 Å². The van der Waals surface area contributed by atoms with Crippen LogP contribution in [0.4, 0.5) is 30.8 Å². The first-order valence-corrected chi connectivity index (χ1v) is 11.8. The number of rotatable bonds is 4. The molecule has 184 valence electrons. The van der Waals surface area contributed by atoms with E-state index in [1.54, 1.807) is 4.90 Å². The van der Waals surface area contributed by atoms with Gasteiger partial charge in [-0.2, -0.15) is 18.2 Å². The van der Waals surface area contributed by atoms with Crippen molar-refractivity contribution >= 4 is 29.2 Å². The van der Waals surface area contributed by atoms with Crippen LogP contribution in [0, 0.1) is 0 Å². The van der Waals surface area contributed by atoms with Crippen molar-refractivity contribution in [3.05, 3.63) is 59.2 Å². The van der Waals surface area contributed by atoms with Crippen molar-refractivity contribution in [2.45, 2.75) is 6.18 Å². The van der Waals surface area contributed by atoms with E-state index in [4.69, 9.17) is 26.3 Å². The van der Waals surface area contributed by atoms with Crippen LogP contribution in [0.15, 0.2) is 48.7 Å². The summed E-state index contributed by atoms with van der Waals surface area (Å²) in [4.78, 5) is 19.5. The van der Waals surface area contributed by atoms with Gasteiger partial charge < -0.3 is 19.4 Å². The molecule has 0 spiro atoms. The molecule has 0 radical (unpaired) electrons. The third-order valence-electron chi connectivity index (χ3n) is 6.11. The number of alkyl halides is 3. The lowest BCUT2D eigenvalue weighted by Gasteiger charge is -2.37. The van der Waals surface area contributed by atoms with Crippen molar-refractivity contribution < 1.29 is 17.9 Å².